The van der Waals surface area contributed by atoms with E-state index in [4.69, 9.17) is 4.74 Å². The molecule has 0 radical (unpaired) electrons. The Morgan fingerprint density at radius 3 is 2.70 bits per heavy atom. The summed E-state index contributed by atoms with van der Waals surface area (Å²) in [5.74, 6) is 0.861. The normalized spacial score (nSPS) is 19.3. The monoisotopic (exact) mass is 334 g/mol. The number of likely N-dealkylation sites (tertiary alicyclic amines) is 1. The quantitative estimate of drug-likeness (QED) is 0.908. The van der Waals surface area contributed by atoms with Gasteiger partial charge in [0.25, 0.3) is 0 Å². The second-order valence-corrected chi connectivity index (χ2v) is 7.94. The molecule has 1 heterocycles. The number of hydrogen-bond donors (Lipinski definition) is 1. The molecule has 0 unspecified atom stereocenters. The van der Waals surface area contributed by atoms with Gasteiger partial charge in [0.05, 0.1) is 13.4 Å². The first-order valence-corrected chi connectivity index (χ1v) is 9.58. The summed E-state index contributed by atoms with van der Waals surface area (Å²) in [7, 11) is -1.46. The summed E-state index contributed by atoms with van der Waals surface area (Å²) in [5.41, 5.74) is 1.24. The number of fused-ring (bicyclic) bond motifs is 1. The van der Waals surface area contributed by atoms with E-state index >= 15 is 0 Å². The largest absolute Gasteiger partial charge is 0.497 e. The van der Waals surface area contributed by atoms with Gasteiger partial charge in [0, 0.05) is 25.7 Å². The molecule has 2 aromatic carbocycles. The zero-order valence-corrected chi connectivity index (χ0v) is 14.3. The van der Waals surface area contributed by atoms with Crippen LogP contribution in [0.2, 0.25) is 0 Å². The van der Waals surface area contributed by atoms with Crippen LogP contribution in [0.4, 0.5) is 0 Å². The molecule has 23 heavy (non-hydrogen) atoms. The molecule has 0 bridgehead atoms. The third kappa shape index (κ3) is 4.22. The summed E-state index contributed by atoms with van der Waals surface area (Å²) < 4.78 is 30.6. The lowest BCUT2D eigenvalue weighted by Gasteiger charge is -2.16. The number of ether oxygens (including phenoxy) is 1. The predicted octanol–water partition coefficient (Wildman–Crippen LogP) is 1.97. The highest BCUT2D eigenvalue weighted by Crippen LogP contribution is 2.23. The Morgan fingerprint density at radius 2 is 1.96 bits per heavy atom. The average Bonchev–Trinajstić information content (AvgIpc) is 2.91. The zero-order chi connectivity index (χ0) is 16.4. The van der Waals surface area contributed by atoms with Crippen molar-refractivity contribution in [3.63, 3.8) is 0 Å². The highest BCUT2D eigenvalue weighted by Gasteiger charge is 2.24. The van der Waals surface area contributed by atoms with E-state index in [0.717, 1.165) is 37.2 Å². The Balaban J connectivity index is 1.68. The maximum Gasteiger partial charge on any atom is 0.208 e. The molecule has 0 saturated carbocycles. The molecular weight excluding hydrogens is 312 g/mol. The van der Waals surface area contributed by atoms with Crippen LogP contribution in [-0.2, 0) is 16.6 Å². The van der Waals surface area contributed by atoms with Crippen molar-refractivity contribution in [2.24, 2.45) is 0 Å². The SMILES string of the molecule is COc1ccc2cc(CN3CC[C@H](NS(C)(=O)=O)C3)ccc2c1. The highest BCUT2D eigenvalue weighted by atomic mass is 32.2. The first kappa shape index (κ1) is 16.2. The lowest BCUT2D eigenvalue weighted by Crippen LogP contribution is -2.36. The Hall–Kier alpha value is -1.63. The second kappa shape index (κ2) is 6.47. The molecule has 124 valence electrons. The molecule has 3 rings (SSSR count). The van der Waals surface area contributed by atoms with Crippen LogP contribution in [-0.4, -0.2) is 45.8 Å². The molecule has 0 aromatic heterocycles. The Kier molecular flexibility index (Phi) is 4.57. The lowest BCUT2D eigenvalue weighted by molar-refractivity contribution is 0.325. The molecule has 1 saturated heterocycles. The standard InChI is InChI=1S/C17H22N2O3S/c1-22-17-6-5-14-9-13(3-4-15(14)10-17)11-19-8-7-16(12-19)18-23(2,20)21/h3-6,9-10,16,18H,7-8,11-12H2,1-2H3/t16-/m0/s1. The topological polar surface area (TPSA) is 58.6 Å². The molecule has 2 aromatic rings. The average molecular weight is 334 g/mol. The molecule has 1 N–H and O–H groups in total. The van der Waals surface area contributed by atoms with Gasteiger partial charge < -0.3 is 4.74 Å². The van der Waals surface area contributed by atoms with E-state index in [1.54, 1.807) is 7.11 Å². The fraction of sp³-hybridized carbons (Fsp3) is 0.412. The molecule has 1 atom stereocenters. The van der Waals surface area contributed by atoms with Crippen LogP contribution in [0.15, 0.2) is 36.4 Å². The number of methoxy groups -OCH3 is 1. The van der Waals surface area contributed by atoms with E-state index in [9.17, 15) is 8.42 Å². The van der Waals surface area contributed by atoms with Gasteiger partial charge >= 0.3 is 0 Å². The molecule has 0 aliphatic carbocycles. The molecule has 5 nitrogen and oxygen atoms in total. The number of sulfonamides is 1. The van der Waals surface area contributed by atoms with Gasteiger partial charge in [0.2, 0.25) is 10.0 Å². The summed E-state index contributed by atoms with van der Waals surface area (Å²) in [5, 5.41) is 2.35. The van der Waals surface area contributed by atoms with E-state index in [2.05, 4.69) is 33.9 Å². The third-order valence-electron chi connectivity index (χ3n) is 4.17. The van der Waals surface area contributed by atoms with Gasteiger partial charge in [-0.1, -0.05) is 18.2 Å². The van der Waals surface area contributed by atoms with E-state index in [1.165, 1.54) is 17.2 Å². The van der Waals surface area contributed by atoms with Crippen LogP contribution in [0, 0.1) is 0 Å². The van der Waals surface area contributed by atoms with Crippen LogP contribution in [0.5, 0.6) is 5.75 Å². The fourth-order valence-electron chi connectivity index (χ4n) is 3.13. The summed E-state index contributed by atoms with van der Waals surface area (Å²) in [6.07, 6.45) is 2.07. The number of hydrogen-bond acceptors (Lipinski definition) is 4. The van der Waals surface area contributed by atoms with E-state index in [-0.39, 0.29) is 6.04 Å². The minimum atomic E-state index is -3.13. The van der Waals surface area contributed by atoms with Crippen molar-refractivity contribution in [1.29, 1.82) is 0 Å². The van der Waals surface area contributed by atoms with Crippen molar-refractivity contribution in [2.45, 2.75) is 19.0 Å². The molecular formula is C17H22N2O3S. The number of nitrogens with zero attached hydrogens (tertiary/aromatic N) is 1. The first-order valence-electron chi connectivity index (χ1n) is 7.69. The zero-order valence-electron chi connectivity index (χ0n) is 13.5. The van der Waals surface area contributed by atoms with Gasteiger partial charge in [0.1, 0.15) is 5.75 Å². The summed E-state index contributed by atoms with van der Waals surface area (Å²) in [6, 6.07) is 12.5. The smallest absolute Gasteiger partial charge is 0.208 e. The molecule has 1 aliphatic rings. The summed E-state index contributed by atoms with van der Waals surface area (Å²) >= 11 is 0. The summed E-state index contributed by atoms with van der Waals surface area (Å²) in [6.45, 7) is 2.51. The van der Waals surface area contributed by atoms with Crippen molar-refractivity contribution < 1.29 is 13.2 Å². The van der Waals surface area contributed by atoms with Crippen LogP contribution in [0.3, 0.4) is 0 Å². The Morgan fingerprint density at radius 1 is 1.22 bits per heavy atom. The van der Waals surface area contributed by atoms with Gasteiger partial charge in [-0.3, -0.25) is 4.90 Å². The van der Waals surface area contributed by atoms with Crippen LogP contribution >= 0.6 is 0 Å². The minimum Gasteiger partial charge on any atom is -0.497 e. The van der Waals surface area contributed by atoms with Crippen molar-refractivity contribution in [2.75, 3.05) is 26.5 Å². The van der Waals surface area contributed by atoms with Crippen molar-refractivity contribution in [1.82, 2.24) is 9.62 Å². The number of benzene rings is 2. The van der Waals surface area contributed by atoms with Crippen LogP contribution in [0.1, 0.15) is 12.0 Å². The molecule has 1 fully saturated rings. The maximum atomic E-state index is 11.3. The lowest BCUT2D eigenvalue weighted by atomic mass is 10.1. The highest BCUT2D eigenvalue weighted by molar-refractivity contribution is 7.88. The number of nitrogens with one attached hydrogen (secondary N) is 1. The minimum absolute atomic E-state index is 0.0229. The van der Waals surface area contributed by atoms with Gasteiger partial charge in [-0.15, -0.1) is 0 Å². The van der Waals surface area contributed by atoms with Crippen molar-refractivity contribution in [3.05, 3.63) is 42.0 Å². The van der Waals surface area contributed by atoms with Crippen LogP contribution < -0.4 is 9.46 Å². The Labute approximate surface area is 137 Å². The summed E-state index contributed by atoms with van der Waals surface area (Å²) in [4.78, 5) is 2.29. The van der Waals surface area contributed by atoms with Gasteiger partial charge in [-0.25, -0.2) is 13.1 Å². The number of rotatable bonds is 5. The first-order chi connectivity index (χ1) is 10.9. The van der Waals surface area contributed by atoms with E-state index in [0.29, 0.717) is 0 Å². The third-order valence-corrected chi connectivity index (χ3v) is 4.93. The molecule has 6 heteroatoms. The van der Waals surface area contributed by atoms with Crippen molar-refractivity contribution >= 4 is 20.8 Å². The van der Waals surface area contributed by atoms with E-state index < -0.39 is 10.0 Å². The van der Waals surface area contributed by atoms with Crippen LogP contribution in [0.25, 0.3) is 10.8 Å². The van der Waals surface area contributed by atoms with E-state index in [1.807, 2.05) is 12.1 Å². The van der Waals surface area contributed by atoms with Gasteiger partial charge in [-0.05, 0) is 41.0 Å². The maximum absolute atomic E-state index is 11.3. The Bertz CT molecular complexity index is 805. The molecule has 0 amide bonds. The molecule has 0 spiro atoms. The van der Waals surface area contributed by atoms with Gasteiger partial charge in [-0.2, -0.15) is 0 Å². The second-order valence-electron chi connectivity index (χ2n) is 6.16. The molecule has 1 aliphatic heterocycles. The fourth-order valence-corrected chi connectivity index (χ4v) is 3.93. The predicted molar refractivity (Wildman–Crippen MR) is 92.2 cm³/mol. The van der Waals surface area contributed by atoms with Crippen molar-refractivity contribution in [3.8, 4) is 5.75 Å². The van der Waals surface area contributed by atoms with Gasteiger partial charge in [0.15, 0.2) is 0 Å².